The number of nitrogens with zero attached hydrogens (tertiary/aromatic N) is 5. The van der Waals surface area contributed by atoms with Crippen molar-refractivity contribution < 1.29 is 0 Å². The maximum absolute atomic E-state index is 13.9. The lowest BCUT2D eigenvalue weighted by Crippen LogP contribution is -2.50. The van der Waals surface area contributed by atoms with Crippen molar-refractivity contribution in [3.05, 3.63) is 58.6 Å². The summed E-state index contributed by atoms with van der Waals surface area (Å²) >= 11 is 0. The van der Waals surface area contributed by atoms with Crippen LogP contribution in [-0.4, -0.2) is 37.6 Å². The number of fused-ring (bicyclic) bond motifs is 3. The summed E-state index contributed by atoms with van der Waals surface area (Å²) in [4.78, 5) is 25.6. The van der Waals surface area contributed by atoms with Gasteiger partial charge in [0.05, 0.1) is 28.5 Å². The van der Waals surface area contributed by atoms with Gasteiger partial charge in [0.2, 0.25) is 0 Å². The molecule has 7 nitrogen and oxygen atoms in total. The maximum Gasteiger partial charge on any atom is 0.294 e. The van der Waals surface area contributed by atoms with Gasteiger partial charge in [-0.05, 0) is 56.7 Å². The lowest BCUT2D eigenvalue weighted by atomic mass is 9.89. The van der Waals surface area contributed by atoms with Crippen LogP contribution in [0.3, 0.4) is 0 Å². The molecule has 2 bridgehead atoms. The number of aromatic nitrogens is 3. The molecule has 1 aromatic carbocycles. The average Bonchev–Trinajstić information content (AvgIpc) is 3.13. The quantitative estimate of drug-likeness (QED) is 0.514. The molecule has 1 aliphatic carbocycles. The Morgan fingerprint density at radius 3 is 2.36 bits per heavy atom. The predicted octanol–water partition coefficient (Wildman–Crippen LogP) is 5.69. The van der Waals surface area contributed by atoms with Gasteiger partial charge in [0.15, 0.2) is 5.82 Å². The third kappa shape index (κ3) is 4.28. The van der Waals surface area contributed by atoms with E-state index in [-0.39, 0.29) is 17.4 Å². The highest BCUT2D eigenvalue weighted by Gasteiger charge is 2.44. The summed E-state index contributed by atoms with van der Waals surface area (Å²) < 4.78 is 1.99. The molecule has 1 N–H and O–H groups in total. The molecule has 2 aromatic heterocycles. The van der Waals surface area contributed by atoms with Gasteiger partial charge in [-0.15, -0.1) is 0 Å². The van der Waals surface area contributed by atoms with E-state index in [1.807, 2.05) is 28.8 Å². The highest BCUT2D eigenvalue weighted by Crippen LogP contribution is 2.44. The molecule has 3 fully saturated rings. The monoisotopic (exact) mass is 482 g/mol. The number of nitrogens with one attached hydrogen (secondary N) is 1. The van der Waals surface area contributed by atoms with Crippen LogP contribution in [0.1, 0.15) is 82.2 Å². The third-order valence-electron chi connectivity index (χ3n) is 8.62. The third-order valence-corrected chi connectivity index (χ3v) is 8.62. The number of hydrogen-bond acceptors (Lipinski definition) is 6. The van der Waals surface area contributed by atoms with Crippen molar-refractivity contribution in [2.24, 2.45) is 0 Å². The summed E-state index contributed by atoms with van der Waals surface area (Å²) in [6, 6.07) is 13.7. The summed E-state index contributed by atoms with van der Waals surface area (Å²) in [5, 5.41) is 12.6. The van der Waals surface area contributed by atoms with Gasteiger partial charge in [-0.1, -0.05) is 44.2 Å². The molecule has 6 rings (SSSR count). The Kier molecular flexibility index (Phi) is 6.45. The first kappa shape index (κ1) is 23.2. The van der Waals surface area contributed by atoms with E-state index in [9.17, 15) is 10.1 Å². The Bertz CT molecular complexity index is 1320. The standard InChI is InChI=1S/C29H34N6O/c30-18-20-14-15-31-19-26(20)33-28-29(36)35(27-11-7-6-10-25(27)32-28)24-16-22-12-13-23(17-24)34(22)21-8-4-2-1-3-5-9-21/h6-7,10-11,14-15,19,21-24H,1-5,8-9,12-13,16-17H2,(H,32,33)/t22-,23+,24+. The molecule has 0 spiro atoms. The van der Waals surface area contributed by atoms with Gasteiger partial charge in [0.25, 0.3) is 5.56 Å². The topological polar surface area (TPSA) is 86.8 Å². The smallest absolute Gasteiger partial charge is 0.294 e. The zero-order valence-electron chi connectivity index (χ0n) is 20.8. The van der Waals surface area contributed by atoms with E-state index in [0.29, 0.717) is 29.4 Å². The van der Waals surface area contributed by atoms with Crippen LogP contribution in [0.5, 0.6) is 0 Å². The van der Waals surface area contributed by atoms with Crippen molar-refractivity contribution >= 4 is 22.5 Å². The second-order valence-corrected chi connectivity index (χ2v) is 10.7. The van der Waals surface area contributed by atoms with Gasteiger partial charge in [0, 0.05) is 30.4 Å². The SMILES string of the molecule is N#Cc1ccncc1Nc1nc2ccccc2n([C@H]2C[C@H]3CC[C@@H](C2)N3C2CCCCCCC2)c1=O. The first-order valence-electron chi connectivity index (χ1n) is 13.6. The zero-order chi connectivity index (χ0) is 24.5. The highest BCUT2D eigenvalue weighted by atomic mass is 16.1. The number of benzene rings is 1. The summed E-state index contributed by atoms with van der Waals surface area (Å²) in [5.41, 5.74) is 2.51. The van der Waals surface area contributed by atoms with Crippen molar-refractivity contribution in [2.75, 3.05) is 5.32 Å². The molecule has 3 aromatic rings. The Balaban J connectivity index is 1.34. The minimum Gasteiger partial charge on any atom is -0.333 e. The number of rotatable bonds is 4. The van der Waals surface area contributed by atoms with E-state index < -0.39 is 0 Å². The zero-order valence-corrected chi connectivity index (χ0v) is 20.8. The van der Waals surface area contributed by atoms with Crippen LogP contribution < -0.4 is 10.9 Å². The number of anilines is 2. The number of nitriles is 1. The van der Waals surface area contributed by atoms with Crippen LogP contribution in [0.2, 0.25) is 0 Å². The van der Waals surface area contributed by atoms with E-state index >= 15 is 0 Å². The van der Waals surface area contributed by atoms with Crippen LogP contribution in [0, 0.1) is 11.3 Å². The Morgan fingerprint density at radius 1 is 0.889 bits per heavy atom. The molecule has 1 saturated carbocycles. The Labute approximate surface area is 212 Å². The lowest BCUT2D eigenvalue weighted by Gasteiger charge is -2.45. The Morgan fingerprint density at radius 2 is 1.61 bits per heavy atom. The van der Waals surface area contributed by atoms with Crippen LogP contribution >= 0.6 is 0 Å². The fraction of sp³-hybridized carbons (Fsp3) is 0.517. The number of piperidine rings is 1. The second-order valence-electron chi connectivity index (χ2n) is 10.7. The minimum absolute atomic E-state index is 0.120. The number of para-hydroxylation sites is 2. The van der Waals surface area contributed by atoms with Gasteiger partial charge < -0.3 is 9.88 Å². The molecule has 7 heteroatoms. The molecule has 0 radical (unpaired) electrons. The van der Waals surface area contributed by atoms with Crippen LogP contribution in [0.4, 0.5) is 11.5 Å². The Hall–Kier alpha value is -3.24. The van der Waals surface area contributed by atoms with Gasteiger partial charge in [-0.3, -0.25) is 14.7 Å². The molecular formula is C29H34N6O. The number of pyridine rings is 1. The summed E-state index contributed by atoms with van der Waals surface area (Å²) in [5.74, 6) is 0.257. The number of hydrogen-bond donors (Lipinski definition) is 1. The summed E-state index contributed by atoms with van der Waals surface area (Å²) in [7, 11) is 0. The van der Waals surface area contributed by atoms with Crippen LogP contribution in [-0.2, 0) is 0 Å². The molecule has 3 atom stereocenters. The largest absolute Gasteiger partial charge is 0.333 e. The summed E-state index contributed by atoms with van der Waals surface area (Å²) in [6.07, 6.45) is 17.2. The fourth-order valence-corrected chi connectivity index (χ4v) is 7.04. The molecule has 3 aliphatic rings. The van der Waals surface area contributed by atoms with Crippen LogP contribution in [0.15, 0.2) is 47.5 Å². The first-order valence-corrected chi connectivity index (χ1v) is 13.6. The maximum atomic E-state index is 13.9. The van der Waals surface area contributed by atoms with Crippen molar-refractivity contribution in [3.8, 4) is 6.07 Å². The average molecular weight is 483 g/mol. The summed E-state index contributed by atoms with van der Waals surface area (Å²) in [6.45, 7) is 0. The molecule has 0 amide bonds. The molecule has 186 valence electrons. The molecule has 0 unspecified atom stereocenters. The van der Waals surface area contributed by atoms with Gasteiger partial charge in [-0.2, -0.15) is 5.26 Å². The van der Waals surface area contributed by atoms with Crippen molar-refractivity contribution in [1.82, 2.24) is 19.4 Å². The molecule has 2 aliphatic heterocycles. The van der Waals surface area contributed by atoms with Gasteiger partial charge in [-0.25, -0.2) is 4.98 Å². The molecule has 2 saturated heterocycles. The second kappa shape index (κ2) is 10.0. The van der Waals surface area contributed by atoms with E-state index in [4.69, 9.17) is 0 Å². The fourth-order valence-electron chi connectivity index (χ4n) is 7.04. The highest BCUT2D eigenvalue weighted by molar-refractivity contribution is 5.77. The van der Waals surface area contributed by atoms with E-state index in [1.165, 1.54) is 57.8 Å². The predicted molar refractivity (Wildman–Crippen MR) is 141 cm³/mol. The van der Waals surface area contributed by atoms with E-state index in [1.54, 1.807) is 18.5 Å². The van der Waals surface area contributed by atoms with Gasteiger partial charge in [0.1, 0.15) is 6.07 Å². The normalized spacial score (nSPS) is 25.2. The molecular weight excluding hydrogens is 448 g/mol. The lowest BCUT2D eigenvalue weighted by molar-refractivity contribution is 0.0498. The van der Waals surface area contributed by atoms with E-state index in [0.717, 1.165) is 23.9 Å². The first-order chi connectivity index (χ1) is 17.7. The van der Waals surface area contributed by atoms with Crippen molar-refractivity contribution in [2.45, 2.75) is 94.8 Å². The van der Waals surface area contributed by atoms with Crippen molar-refractivity contribution in [1.29, 1.82) is 5.26 Å². The van der Waals surface area contributed by atoms with Gasteiger partial charge >= 0.3 is 0 Å². The molecule has 36 heavy (non-hydrogen) atoms. The van der Waals surface area contributed by atoms with Crippen LogP contribution in [0.25, 0.3) is 11.0 Å². The van der Waals surface area contributed by atoms with Crippen molar-refractivity contribution in [3.63, 3.8) is 0 Å². The van der Waals surface area contributed by atoms with E-state index in [2.05, 4.69) is 26.3 Å². The molecule has 4 heterocycles. The minimum atomic E-state index is -0.120.